The predicted octanol–water partition coefficient (Wildman–Crippen LogP) is 2.59. The van der Waals surface area contributed by atoms with Crippen LogP contribution in [0.1, 0.15) is 53.4 Å². The number of nitrogens with zero attached hydrogens (tertiary/aromatic N) is 1. The highest BCUT2D eigenvalue weighted by atomic mass is 16.5. The lowest BCUT2D eigenvalue weighted by atomic mass is 10.1. The van der Waals surface area contributed by atoms with Gasteiger partial charge in [0.15, 0.2) is 0 Å². The molecule has 0 saturated carbocycles. The quantitative estimate of drug-likeness (QED) is 0.722. The van der Waals surface area contributed by atoms with E-state index in [1.807, 2.05) is 4.90 Å². The lowest BCUT2D eigenvalue weighted by Crippen LogP contribution is -2.48. The molecule has 0 aromatic carbocycles. The summed E-state index contributed by atoms with van der Waals surface area (Å²) in [7, 11) is 0. The Hall–Kier alpha value is -0.570. The van der Waals surface area contributed by atoms with Crippen LogP contribution < -0.4 is 0 Å². The van der Waals surface area contributed by atoms with Gasteiger partial charge in [0.2, 0.25) is 0 Å². The molecular weight excluding hydrogens is 202 g/mol. The van der Waals surface area contributed by atoms with E-state index in [-0.39, 0.29) is 12.0 Å². The predicted molar refractivity (Wildman–Crippen MR) is 65.3 cm³/mol. The molecule has 0 aliphatic carbocycles. The summed E-state index contributed by atoms with van der Waals surface area (Å²) < 4.78 is 5.49. The lowest BCUT2D eigenvalue weighted by molar-refractivity contribution is -0.145. The number of carbonyl (C=O) groups excluding carboxylic acids is 1. The van der Waals surface area contributed by atoms with E-state index in [9.17, 15) is 4.79 Å². The lowest BCUT2D eigenvalue weighted by Gasteiger charge is -2.35. The number of hydrogen-bond acceptors (Lipinski definition) is 2. The molecular formula is C13H25NO2. The number of hydrogen-bond donors (Lipinski definition) is 0. The second-order valence-electron chi connectivity index (χ2n) is 4.76. The third-order valence-electron chi connectivity index (χ3n) is 3.59. The number of rotatable bonds is 5. The van der Waals surface area contributed by atoms with E-state index in [4.69, 9.17) is 4.74 Å². The summed E-state index contributed by atoms with van der Waals surface area (Å²) in [6, 6.07) is 0.623. The topological polar surface area (TPSA) is 29.5 Å². The van der Waals surface area contributed by atoms with E-state index in [0.717, 1.165) is 32.3 Å². The number of ether oxygens (including phenoxy) is 1. The summed E-state index contributed by atoms with van der Waals surface area (Å²) in [4.78, 5) is 14.4. The molecule has 0 radical (unpaired) electrons. The maximum Gasteiger partial charge on any atom is 0.252 e. The van der Waals surface area contributed by atoms with Crippen LogP contribution in [0.5, 0.6) is 0 Å². The van der Waals surface area contributed by atoms with Gasteiger partial charge < -0.3 is 9.64 Å². The zero-order chi connectivity index (χ0) is 12.1. The fourth-order valence-corrected chi connectivity index (χ4v) is 2.20. The molecule has 1 rings (SSSR count). The van der Waals surface area contributed by atoms with E-state index in [1.54, 1.807) is 0 Å². The van der Waals surface area contributed by atoms with Crippen LogP contribution in [0.25, 0.3) is 0 Å². The van der Waals surface area contributed by atoms with Crippen LogP contribution in [0.15, 0.2) is 0 Å². The molecule has 1 aliphatic rings. The molecule has 3 atom stereocenters. The first-order valence-corrected chi connectivity index (χ1v) is 6.55. The van der Waals surface area contributed by atoms with Crippen LogP contribution in [-0.4, -0.2) is 35.6 Å². The Balaban J connectivity index is 2.70. The first-order chi connectivity index (χ1) is 7.61. The molecule has 0 aromatic rings. The third kappa shape index (κ3) is 2.97. The molecule has 1 aliphatic heterocycles. The van der Waals surface area contributed by atoms with Crippen molar-refractivity contribution in [1.82, 2.24) is 4.90 Å². The summed E-state index contributed by atoms with van der Waals surface area (Å²) in [5, 5.41) is 0. The summed E-state index contributed by atoms with van der Waals surface area (Å²) in [5.74, 6) is 0.196. The molecule has 0 bridgehead atoms. The van der Waals surface area contributed by atoms with Crippen LogP contribution in [0.3, 0.4) is 0 Å². The molecule has 94 valence electrons. The Bertz CT molecular complexity index is 214. The van der Waals surface area contributed by atoms with Crippen LogP contribution in [0.4, 0.5) is 0 Å². The first-order valence-electron chi connectivity index (χ1n) is 6.55. The van der Waals surface area contributed by atoms with E-state index in [1.165, 1.54) is 0 Å². The smallest absolute Gasteiger partial charge is 0.252 e. The van der Waals surface area contributed by atoms with Crippen molar-refractivity contribution in [3.05, 3.63) is 0 Å². The maximum absolute atomic E-state index is 12.3. The minimum absolute atomic E-state index is 0.178. The SMILES string of the molecule is CC[C@H](C)N(C(=O)[C@@H]1CCCO1)[C@@H](C)CC. The maximum atomic E-state index is 12.3. The normalized spacial score (nSPS) is 24.1. The van der Waals surface area contributed by atoms with E-state index in [0.29, 0.717) is 12.1 Å². The van der Waals surface area contributed by atoms with Crippen molar-refractivity contribution < 1.29 is 9.53 Å². The highest BCUT2D eigenvalue weighted by Crippen LogP contribution is 2.20. The Morgan fingerprint density at radius 2 is 1.88 bits per heavy atom. The fourth-order valence-electron chi connectivity index (χ4n) is 2.20. The van der Waals surface area contributed by atoms with Crippen molar-refractivity contribution in [2.75, 3.05) is 6.61 Å². The molecule has 0 unspecified atom stereocenters. The second kappa shape index (κ2) is 6.24. The Morgan fingerprint density at radius 3 is 2.25 bits per heavy atom. The number of amides is 1. The van der Waals surface area contributed by atoms with Gasteiger partial charge in [-0.3, -0.25) is 4.79 Å². The molecule has 3 heteroatoms. The van der Waals surface area contributed by atoms with E-state index < -0.39 is 0 Å². The standard InChI is InChI=1S/C13H25NO2/c1-5-10(3)14(11(4)6-2)13(15)12-8-7-9-16-12/h10-12H,5-9H2,1-4H3/t10-,11-,12-/m0/s1. The first kappa shape index (κ1) is 13.5. The molecule has 0 N–H and O–H groups in total. The molecule has 1 fully saturated rings. The molecule has 1 saturated heterocycles. The Labute approximate surface area is 99.1 Å². The Morgan fingerprint density at radius 1 is 1.31 bits per heavy atom. The van der Waals surface area contributed by atoms with E-state index >= 15 is 0 Å². The summed E-state index contributed by atoms with van der Waals surface area (Å²) in [6.45, 7) is 9.24. The Kier molecular flexibility index (Phi) is 5.26. The van der Waals surface area contributed by atoms with Crippen LogP contribution in [0, 0.1) is 0 Å². The zero-order valence-electron chi connectivity index (χ0n) is 11.0. The molecule has 3 nitrogen and oxygen atoms in total. The van der Waals surface area contributed by atoms with Crippen molar-refractivity contribution in [1.29, 1.82) is 0 Å². The van der Waals surface area contributed by atoms with Crippen LogP contribution in [0.2, 0.25) is 0 Å². The number of carbonyl (C=O) groups is 1. The van der Waals surface area contributed by atoms with Gasteiger partial charge in [-0.25, -0.2) is 0 Å². The van der Waals surface area contributed by atoms with Gasteiger partial charge in [0.1, 0.15) is 6.10 Å². The molecule has 0 spiro atoms. The third-order valence-corrected chi connectivity index (χ3v) is 3.59. The second-order valence-corrected chi connectivity index (χ2v) is 4.76. The minimum atomic E-state index is -0.178. The van der Waals surface area contributed by atoms with Crippen molar-refractivity contribution in [2.45, 2.75) is 71.6 Å². The van der Waals surface area contributed by atoms with Gasteiger partial charge in [0.05, 0.1) is 0 Å². The summed E-state index contributed by atoms with van der Waals surface area (Å²) in [5.41, 5.74) is 0. The van der Waals surface area contributed by atoms with Crippen LogP contribution in [-0.2, 0) is 9.53 Å². The van der Waals surface area contributed by atoms with Gasteiger partial charge in [-0.05, 0) is 39.5 Å². The van der Waals surface area contributed by atoms with Gasteiger partial charge >= 0.3 is 0 Å². The summed E-state index contributed by atoms with van der Waals surface area (Å²) >= 11 is 0. The monoisotopic (exact) mass is 227 g/mol. The van der Waals surface area contributed by atoms with E-state index in [2.05, 4.69) is 27.7 Å². The molecule has 16 heavy (non-hydrogen) atoms. The van der Waals surface area contributed by atoms with Gasteiger partial charge in [-0.15, -0.1) is 0 Å². The average molecular weight is 227 g/mol. The van der Waals surface area contributed by atoms with Crippen molar-refractivity contribution in [3.8, 4) is 0 Å². The fraction of sp³-hybridized carbons (Fsp3) is 0.923. The minimum Gasteiger partial charge on any atom is -0.368 e. The highest BCUT2D eigenvalue weighted by Gasteiger charge is 2.32. The van der Waals surface area contributed by atoms with Gasteiger partial charge in [-0.2, -0.15) is 0 Å². The molecule has 0 aromatic heterocycles. The van der Waals surface area contributed by atoms with Crippen molar-refractivity contribution >= 4 is 5.91 Å². The summed E-state index contributed by atoms with van der Waals surface area (Å²) in [6.07, 6.45) is 3.74. The van der Waals surface area contributed by atoms with Crippen molar-refractivity contribution in [2.24, 2.45) is 0 Å². The highest BCUT2D eigenvalue weighted by molar-refractivity contribution is 5.81. The van der Waals surface area contributed by atoms with Crippen molar-refractivity contribution in [3.63, 3.8) is 0 Å². The van der Waals surface area contributed by atoms with Crippen LogP contribution >= 0.6 is 0 Å². The largest absolute Gasteiger partial charge is 0.368 e. The van der Waals surface area contributed by atoms with Gasteiger partial charge in [0.25, 0.3) is 5.91 Å². The molecule has 1 amide bonds. The average Bonchev–Trinajstić information content (AvgIpc) is 2.81. The van der Waals surface area contributed by atoms with Gasteiger partial charge in [0, 0.05) is 18.7 Å². The zero-order valence-corrected chi connectivity index (χ0v) is 11.0. The van der Waals surface area contributed by atoms with Gasteiger partial charge in [-0.1, -0.05) is 13.8 Å². The molecule has 1 heterocycles.